The maximum absolute atomic E-state index is 12.7. The topological polar surface area (TPSA) is 109 Å². The summed E-state index contributed by atoms with van der Waals surface area (Å²) in [5.41, 5.74) is 0.867. The average molecular weight is 345 g/mol. The molecule has 3 heterocycles. The van der Waals surface area contributed by atoms with Crippen molar-refractivity contribution in [2.75, 3.05) is 18.4 Å². The molecule has 0 spiro atoms. The van der Waals surface area contributed by atoms with E-state index in [4.69, 9.17) is 5.11 Å². The molecule has 2 bridgehead atoms. The van der Waals surface area contributed by atoms with Gasteiger partial charge in [0.25, 0.3) is 5.56 Å². The van der Waals surface area contributed by atoms with Gasteiger partial charge >= 0.3 is 11.9 Å². The van der Waals surface area contributed by atoms with Gasteiger partial charge in [0.15, 0.2) is 0 Å². The van der Waals surface area contributed by atoms with Crippen molar-refractivity contribution < 1.29 is 19.5 Å². The fourth-order valence-electron chi connectivity index (χ4n) is 3.92. The van der Waals surface area contributed by atoms with Crippen molar-refractivity contribution in [3.8, 4) is 0 Å². The molecule has 2 amide bonds. The smallest absolute Gasteiger partial charge is 0.394 e. The van der Waals surface area contributed by atoms with Crippen LogP contribution in [0.25, 0.3) is 0 Å². The Bertz CT molecular complexity index is 826. The van der Waals surface area contributed by atoms with Crippen molar-refractivity contribution in [1.29, 1.82) is 0 Å². The van der Waals surface area contributed by atoms with Gasteiger partial charge in [0.05, 0.1) is 0 Å². The maximum atomic E-state index is 12.7. The number of hydrogen-bond acceptors (Lipinski definition) is 4. The quantitative estimate of drug-likeness (QED) is 0.746. The molecule has 2 atom stereocenters. The van der Waals surface area contributed by atoms with Gasteiger partial charge in [0.1, 0.15) is 5.69 Å². The van der Waals surface area contributed by atoms with E-state index in [1.54, 1.807) is 16.7 Å². The lowest BCUT2D eigenvalue weighted by molar-refractivity contribution is -0.157. The Morgan fingerprint density at radius 2 is 1.88 bits per heavy atom. The van der Waals surface area contributed by atoms with E-state index in [1.807, 2.05) is 0 Å². The molecule has 1 saturated carbocycles. The first-order chi connectivity index (χ1) is 11.9. The average Bonchev–Trinajstić information content (AvgIpc) is 3.42. The molecule has 1 aliphatic carbocycles. The van der Waals surface area contributed by atoms with Crippen LogP contribution in [0.2, 0.25) is 0 Å². The number of carbonyl (C=O) groups is 3. The zero-order valence-corrected chi connectivity index (χ0v) is 13.6. The lowest BCUT2D eigenvalue weighted by Crippen LogP contribution is -2.51. The van der Waals surface area contributed by atoms with E-state index in [9.17, 15) is 19.2 Å². The number of likely N-dealkylation sites (tertiary alicyclic amines) is 1. The second-order valence-corrected chi connectivity index (χ2v) is 7.17. The highest BCUT2D eigenvalue weighted by Gasteiger charge is 2.38. The number of anilines is 1. The number of aliphatic carboxylic acids is 1. The van der Waals surface area contributed by atoms with Crippen molar-refractivity contribution in [3.05, 3.63) is 28.2 Å². The van der Waals surface area contributed by atoms with Crippen LogP contribution in [0.3, 0.4) is 0 Å². The van der Waals surface area contributed by atoms with Gasteiger partial charge < -0.3 is 19.9 Å². The van der Waals surface area contributed by atoms with Crippen LogP contribution in [0.15, 0.2) is 16.9 Å². The third-order valence-electron chi connectivity index (χ3n) is 5.28. The van der Waals surface area contributed by atoms with E-state index < -0.39 is 11.9 Å². The molecule has 2 N–H and O–H groups in total. The number of amides is 2. The van der Waals surface area contributed by atoms with Crippen LogP contribution in [-0.4, -0.2) is 45.4 Å². The standard InChI is InChI=1S/C17H19N3O5/c21-14(10-1-2-10)18-12-3-4-13-11-5-9(7-20(13)15(12)22)6-19(8-11)16(23)17(24)25/h3-4,9-11H,1-2,5-8H2,(H,18,21)(H,24,25)/t9-,11-/m1/s1. The molecule has 1 aromatic heterocycles. The highest BCUT2D eigenvalue weighted by atomic mass is 16.4. The van der Waals surface area contributed by atoms with Crippen LogP contribution in [0.4, 0.5) is 5.69 Å². The molecular formula is C17H19N3O5. The minimum atomic E-state index is -1.45. The van der Waals surface area contributed by atoms with Gasteiger partial charge in [0, 0.05) is 37.2 Å². The summed E-state index contributed by atoms with van der Waals surface area (Å²) in [5.74, 6) is -2.44. The molecule has 2 aliphatic heterocycles. The van der Waals surface area contributed by atoms with Crippen LogP contribution in [0.1, 0.15) is 30.9 Å². The molecule has 132 valence electrons. The molecule has 25 heavy (non-hydrogen) atoms. The molecule has 4 rings (SSSR count). The zero-order chi connectivity index (χ0) is 17.7. The molecule has 0 unspecified atom stereocenters. The summed E-state index contributed by atoms with van der Waals surface area (Å²) in [6.07, 6.45) is 2.57. The number of piperidine rings is 1. The van der Waals surface area contributed by atoms with Crippen LogP contribution >= 0.6 is 0 Å². The first kappa shape index (κ1) is 15.9. The predicted molar refractivity (Wildman–Crippen MR) is 87.1 cm³/mol. The van der Waals surface area contributed by atoms with Gasteiger partial charge in [-0.05, 0) is 37.3 Å². The van der Waals surface area contributed by atoms with Crippen molar-refractivity contribution in [2.45, 2.75) is 31.7 Å². The van der Waals surface area contributed by atoms with Gasteiger partial charge in [0.2, 0.25) is 5.91 Å². The Balaban J connectivity index is 1.60. The Morgan fingerprint density at radius 3 is 2.56 bits per heavy atom. The monoisotopic (exact) mass is 345 g/mol. The number of hydrogen-bond donors (Lipinski definition) is 2. The normalized spacial score (nSPS) is 24.4. The molecule has 0 radical (unpaired) electrons. The van der Waals surface area contributed by atoms with Crippen LogP contribution < -0.4 is 10.9 Å². The lowest BCUT2D eigenvalue weighted by atomic mass is 9.83. The number of pyridine rings is 1. The molecule has 3 aliphatic rings. The van der Waals surface area contributed by atoms with Gasteiger partial charge in [-0.1, -0.05) is 0 Å². The number of fused-ring (bicyclic) bond motifs is 4. The zero-order valence-electron chi connectivity index (χ0n) is 13.6. The van der Waals surface area contributed by atoms with Crippen molar-refractivity contribution in [3.63, 3.8) is 0 Å². The molecule has 8 nitrogen and oxygen atoms in total. The summed E-state index contributed by atoms with van der Waals surface area (Å²) >= 11 is 0. The number of carboxylic acid groups (broad SMARTS) is 1. The van der Waals surface area contributed by atoms with E-state index in [0.29, 0.717) is 25.3 Å². The van der Waals surface area contributed by atoms with Crippen molar-refractivity contribution in [2.24, 2.45) is 11.8 Å². The summed E-state index contributed by atoms with van der Waals surface area (Å²) in [5, 5.41) is 11.6. The second kappa shape index (κ2) is 5.72. The molecule has 2 fully saturated rings. The van der Waals surface area contributed by atoms with Gasteiger partial charge in [-0.2, -0.15) is 0 Å². The number of carboxylic acids is 1. The number of nitrogens with zero attached hydrogens (tertiary/aromatic N) is 2. The first-order valence-corrected chi connectivity index (χ1v) is 8.51. The highest BCUT2D eigenvalue weighted by molar-refractivity contribution is 6.31. The van der Waals surface area contributed by atoms with Crippen molar-refractivity contribution >= 4 is 23.5 Å². The summed E-state index contributed by atoms with van der Waals surface area (Å²) < 4.78 is 1.67. The Kier molecular flexibility index (Phi) is 3.63. The third-order valence-corrected chi connectivity index (χ3v) is 5.28. The Labute approximate surface area is 143 Å². The maximum Gasteiger partial charge on any atom is 0.394 e. The molecule has 1 aromatic rings. The second-order valence-electron chi connectivity index (χ2n) is 7.17. The highest BCUT2D eigenvalue weighted by Crippen LogP contribution is 2.35. The van der Waals surface area contributed by atoms with Crippen LogP contribution in [0, 0.1) is 11.8 Å². The summed E-state index contributed by atoms with van der Waals surface area (Å²) in [7, 11) is 0. The van der Waals surface area contributed by atoms with Gasteiger partial charge in [-0.25, -0.2) is 4.79 Å². The minimum absolute atomic E-state index is 0.0235. The number of carbonyl (C=O) groups excluding carboxylic acids is 2. The molecule has 1 saturated heterocycles. The Hall–Kier alpha value is -2.64. The molecule has 0 aromatic carbocycles. The lowest BCUT2D eigenvalue weighted by Gasteiger charge is -2.42. The number of aromatic nitrogens is 1. The van der Waals surface area contributed by atoms with Gasteiger partial charge in [-0.15, -0.1) is 0 Å². The van der Waals surface area contributed by atoms with E-state index in [2.05, 4.69) is 5.32 Å². The fraction of sp³-hybridized carbons (Fsp3) is 0.529. The Morgan fingerprint density at radius 1 is 1.12 bits per heavy atom. The molecule has 8 heteroatoms. The SMILES string of the molecule is O=C(O)C(=O)N1C[C@H]2C[C@H](C1)c1ccc(NC(=O)C3CC3)c(=O)n1C2. The van der Waals surface area contributed by atoms with E-state index in [1.165, 1.54) is 4.90 Å². The predicted octanol–water partition coefficient (Wildman–Crippen LogP) is 0.227. The van der Waals surface area contributed by atoms with Crippen LogP contribution in [-0.2, 0) is 20.9 Å². The third kappa shape index (κ3) is 2.81. The summed E-state index contributed by atoms with van der Waals surface area (Å²) in [6, 6.07) is 3.42. The number of rotatable bonds is 2. The molecular weight excluding hydrogens is 326 g/mol. The minimum Gasteiger partial charge on any atom is -0.474 e. The number of nitrogens with one attached hydrogen (secondary N) is 1. The van der Waals surface area contributed by atoms with E-state index in [-0.39, 0.29) is 29.2 Å². The van der Waals surface area contributed by atoms with Crippen molar-refractivity contribution in [1.82, 2.24) is 9.47 Å². The van der Waals surface area contributed by atoms with E-state index >= 15 is 0 Å². The van der Waals surface area contributed by atoms with E-state index in [0.717, 1.165) is 25.0 Å². The summed E-state index contributed by atoms with van der Waals surface area (Å²) in [4.78, 5) is 48.7. The first-order valence-electron chi connectivity index (χ1n) is 8.51. The van der Waals surface area contributed by atoms with Gasteiger partial charge in [-0.3, -0.25) is 14.4 Å². The van der Waals surface area contributed by atoms with Crippen LogP contribution in [0.5, 0.6) is 0 Å². The summed E-state index contributed by atoms with van der Waals surface area (Å²) in [6.45, 7) is 1.07. The largest absolute Gasteiger partial charge is 0.474 e. The fourth-order valence-corrected chi connectivity index (χ4v) is 3.92.